The highest BCUT2D eigenvalue weighted by Gasteiger charge is 2.48. The van der Waals surface area contributed by atoms with Crippen molar-refractivity contribution in [1.29, 1.82) is 0 Å². The molecule has 0 saturated carbocycles. The number of alkyl halides is 3. The molecule has 11 heteroatoms. The molecule has 0 unspecified atom stereocenters. The number of amides is 1. The lowest BCUT2D eigenvalue weighted by Gasteiger charge is -2.31. The topological polar surface area (TPSA) is 82.5 Å². The Kier molecular flexibility index (Phi) is 5.87. The summed E-state index contributed by atoms with van der Waals surface area (Å²) < 4.78 is 36.8. The number of rotatable bonds is 1. The maximum atomic E-state index is 12.6. The van der Waals surface area contributed by atoms with E-state index in [2.05, 4.69) is 25.6 Å². The smallest absolute Gasteiger partial charge is 0.475 e. The second kappa shape index (κ2) is 7.36. The minimum Gasteiger partial charge on any atom is -0.475 e. The van der Waals surface area contributed by atoms with Gasteiger partial charge in [-0.15, -0.1) is 0 Å². The molecule has 2 aliphatic heterocycles. The number of hydrogen-bond donors (Lipinski definition) is 2. The van der Waals surface area contributed by atoms with Gasteiger partial charge in [-0.05, 0) is 59.8 Å². The maximum absolute atomic E-state index is 12.6. The summed E-state index contributed by atoms with van der Waals surface area (Å²) in [6, 6.07) is 0. The van der Waals surface area contributed by atoms with Gasteiger partial charge in [0.25, 0.3) is 0 Å². The van der Waals surface area contributed by atoms with E-state index in [4.69, 9.17) is 9.90 Å². The molecule has 6 nitrogen and oxygen atoms in total. The summed E-state index contributed by atoms with van der Waals surface area (Å²) in [5.74, 6) is -2.46. The van der Waals surface area contributed by atoms with Crippen molar-refractivity contribution in [3.63, 3.8) is 0 Å². The molecular weight excluding hydrogens is 415 g/mol. The number of nitrogens with one attached hydrogen (secondary N) is 1. The van der Waals surface area contributed by atoms with Crippen molar-refractivity contribution in [3.05, 3.63) is 10.7 Å². The molecule has 24 heavy (non-hydrogen) atoms. The lowest BCUT2D eigenvalue weighted by atomic mass is 9.78. The Morgan fingerprint density at radius 2 is 1.96 bits per heavy atom. The summed E-state index contributed by atoms with van der Waals surface area (Å²) in [5, 5.41) is 11.4. The minimum atomic E-state index is -5.08. The number of aromatic nitrogens is 1. The standard InChI is InChI=1S/C11H14BrN3OS.C2HF3O2/c12-8-7-14-17-9(8)15-6-3-11(10(15)16)1-4-13-5-2-11;3-2(4,5)1(6)7/h7,13H,1-6H2;(H,6,7). The average Bonchev–Trinajstić information content (AvgIpc) is 3.05. The van der Waals surface area contributed by atoms with Crippen LogP contribution in [0.1, 0.15) is 19.3 Å². The highest BCUT2D eigenvalue weighted by atomic mass is 79.9. The molecule has 3 heterocycles. The highest BCUT2D eigenvalue weighted by molar-refractivity contribution is 9.10. The van der Waals surface area contributed by atoms with Crippen molar-refractivity contribution in [2.24, 2.45) is 5.41 Å². The lowest BCUT2D eigenvalue weighted by molar-refractivity contribution is -0.192. The monoisotopic (exact) mass is 429 g/mol. The van der Waals surface area contributed by atoms with Crippen LogP contribution in [0.2, 0.25) is 0 Å². The molecule has 3 rings (SSSR count). The number of carbonyl (C=O) groups is 2. The van der Waals surface area contributed by atoms with Crippen LogP contribution < -0.4 is 10.2 Å². The average molecular weight is 430 g/mol. The van der Waals surface area contributed by atoms with E-state index < -0.39 is 12.1 Å². The van der Waals surface area contributed by atoms with Crippen molar-refractivity contribution in [3.8, 4) is 0 Å². The summed E-state index contributed by atoms with van der Waals surface area (Å²) in [5.41, 5.74) is -0.102. The second-order valence-electron chi connectivity index (χ2n) is 5.52. The van der Waals surface area contributed by atoms with Gasteiger partial charge in [0.15, 0.2) is 0 Å². The van der Waals surface area contributed by atoms with Gasteiger partial charge in [0.1, 0.15) is 5.00 Å². The molecule has 1 aromatic rings. The lowest BCUT2D eigenvalue weighted by Crippen LogP contribution is -2.42. The van der Waals surface area contributed by atoms with E-state index in [-0.39, 0.29) is 5.41 Å². The zero-order valence-electron chi connectivity index (χ0n) is 12.4. The fourth-order valence-corrected chi connectivity index (χ4v) is 4.12. The Morgan fingerprint density at radius 3 is 2.42 bits per heavy atom. The summed E-state index contributed by atoms with van der Waals surface area (Å²) in [6.45, 7) is 2.76. The van der Waals surface area contributed by atoms with Crippen molar-refractivity contribution < 1.29 is 27.9 Å². The first-order valence-corrected chi connectivity index (χ1v) is 8.67. The van der Waals surface area contributed by atoms with Crippen LogP contribution in [0.25, 0.3) is 0 Å². The van der Waals surface area contributed by atoms with Crippen LogP contribution in [0.4, 0.5) is 18.2 Å². The first-order chi connectivity index (χ1) is 11.2. The molecule has 2 fully saturated rings. The SMILES string of the molecule is O=C(O)C(F)(F)F.O=C1N(c2sncc2Br)CCC12CCNCC2. The summed E-state index contributed by atoms with van der Waals surface area (Å²) in [4.78, 5) is 23.4. The highest BCUT2D eigenvalue weighted by Crippen LogP contribution is 2.44. The summed E-state index contributed by atoms with van der Waals surface area (Å²) in [6.07, 6.45) is -0.393. The third kappa shape index (κ3) is 4.06. The quantitative estimate of drug-likeness (QED) is 0.716. The molecule has 1 spiro atoms. The van der Waals surface area contributed by atoms with E-state index in [0.717, 1.165) is 48.4 Å². The number of nitrogens with zero attached hydrogens (tertiary/aromatic N) is 2. The largest absolute Gasteiger partial charge is 0.490 e. The molecule has 0 bridgehead atoms. The van der Waals surface area contributed by atoms with Gasteiger partial charge >= 0.3 is 12.1 Å². The van der Waals surface area contributed by atoms with Crippen LogP contribution >= 0.6 is 27.5 Å². The number of halogens is 4. The van der Waals surface area contributed by atoms with Gasteiger partial charge in [-0.1, -0.05) is 0 Å². The van der Waals surface area contributed by atoms with E-state index in [9.17, 15) is 18.0 Å². The Bertz CT molecular complexity index is 617. The number of carbonyl (C=O) groups excluding carboxylic acids is 1. The van der Waals surface area contributed by atoms with Crippen LogP contribution in [-0.4, -0.2) is 47.2 Å². The van der Waals surface area contributed by atoms with Crippen molar-refractivity contribution in [1.82, 2.24) is 9.69 Å². The van der Waals surface area contributed by atoms with Crippen LogP contribution in [0.15, 0.2) is 10.7 Å². The first-order valence-electron chi connectivity index (χ1n) is 7.10. The molecule has 0 aromatic carbocycles. The number of anilines is 1. The van der Waals surface area contributed by atoms with E-state index >= 15 is 0 Å². The van der Waals surface area contributed by atoms with Crippen molar-refractivity contribution in [2.45, 2.75) is 25.4 Å². The zero-order chi connectivity index (χ0) is 18.0. The molecule has 1 amide bonds. The number of carboxylic acids is 1. The third-order valence-corrected chi connectivity index (χ3v) is 5.74. The molecule has 0 atom stereocenters. The predicted octanol–water partition coefficient (Wildman–Crippen LogP) is 2.65. The second-order valence-corrected chi connectivity index (χ2v) is 7.15. The van der Waals surface area contributed by atoms with Gasteiger partial charge in [0.05, 0.1) is 16.1 Å². The normalized spacial score (nSPS) is 20.0. The first kappa shape index (κ1) is 19.1. The van der Waals surface area contributed by atoms with E-state index in [1.54, 1.807) is 6.20 Å². The molecule has 2 aliphatic rings. The molecule has 2 N–H and O–H groups in total. The zero-order valence-corrected chi connectivity index (χ0v) is 14.8. The van der Waals surface area contributed by atoms with Gasteiger partial charge in [0, 0.05) is 6.54 Å². The van der Waals surface area contributed by atoms with E-state index in [1.807, 2.05) is 4.90 Å². The van der Waals surface area contributed by atoms with Crippen LogP contribution in [-0.2, 0) is 9.59 Å². The van der Waals surface area contributed by atoms with Crippen molar-refractivity contribution >= 4 is 44.3 Å². The Balaban J connectivity index is 0.000000256. The molecule has 1 aromatic heterocycles. The van der Waals surface area contributed by atoms with Gasteiger partial charge in [-0.25, -0.2) is 4.79 Å². The summed E-state index contributed by atoms with van der Waals surface area (Å²) >= 11 is 4.85. The number of aliphatic carboxylic acids is 1. The van der Waals surface area contributed by atoms with Gasteiger partial charge in [0.2, 0.25) is 5.91 Å². The molecule has 134 valence electrons. The van der Waals surface area contributed by atoms with Gasteiger partial charge in [-0.2, -0.15) is 17.5 Å². The maximum Gasteiger partial charge on any atom is 0.490 e. The number of hydrogen-bond acceptors (Lipinski definition) is 5. The summed E-state index contributed by atoms with van der Waals surface area (Å²) in [7, 11) is 0. The Hall–Kier alpha value is -1.20. The Labute approximate surface area is 148 Å². The predicted molar refractivity (Wildman–Crippen MR) is 85.0 cm³/mol. The van der Waals surface area contributed by atoms with Crippen LogP contribution in [0, 0.1) is 5.41 Å². The van der Waals surface area contributed by atoms with E-state index in [1.165, 1.54) is 11.5 Å². The van der Waals surface area contributed by atoms with E-state index in [0.29, 0.717) is 5.91 Å². The van der Waals surface area contributed by atoms with Crippen LogP contribution in [0.3, 0.4) is 0 Å². The fraction of sp³-hybridized carbons (Fsp3) is 0.615. The third-order valence-electron chi connectivity index (χ3n) is 4.07. The van der Waals surface area contributed by atoms with Crippen LogP contribution in [0.5, 0.6) is 0 Å². The molecule has 0 radical (unpaired) electrons. The molecule has 2 saturated heterocycles. The Morgan fingerprint density at radius 1 is 1.38 bits per heavy atom. The van der Waals surface area contributed by atoms with Gasteiger partial charge < -0.3 is 15.3 Å². The number of carboxylic acid groups (broad SMARTS) is 1. The fourth-order valence-electron chi connectivity index (χ4n) is 2.78. The minimum absolute atomic E-state index is 0.102. The molecule has 0 aliphatic carbocycles. The number of piperidine rings is 1. The molecular formula is C13H15BrF3N3O3S. The van der Waals surface area contributed by atoms with Crippen molar-refractivity contribution in [2.75, 3.05) is 24.5 Å². The van der Waals surface area contributed by atoms with Gasteiger partial charge in [-0.3, -0.25) is 4.79 Å².